The van der Waals surface area contributed by atoms with Crippen LogP contribution in [0.1, 0.15) is 16.8 Å². The van der Waals surface area contributed by atoms with Gasteiger partial charge in [0.2, 0.25) is 0 Å². The lowest BCUT2D eigenvalue weighted by molar-refractivity contribution is 0.121. The molecule has 5 rings (SSSR count). The molecule has 0 saturated carbocycles. The Morgan fingerprint density at radius 3 is 2.30 bits per heavy atom. The van der Waals surface area contributed by atoms with Gasteiger partial charge in [-0.05, 0) is 17.7 Å². The number of aromatic nitrogens is 2. The Labute approximate surface area is 180 Å². The van der Waals surface area contributed by atoms with Crippen LogP contribution in [0.25, 0.3) is 16.2 Å². The fourth-order valence-electron chi connectivity index (χ4n) is 4.07. The van der Waals surface area contributed by atoms with Gasteiger partial charge in [0.15, 0.2) is 4.96 Å². The number of fused-ring (bicyclic) bond motifs is 1. The van der Waals surface area contributed by atoms with Gasteiger partial charge >= 0.3 is 0 Å². The lowest BCUT2D eigenvalue weighted by Gasteiger charge is -2.34. The minimum absolute atomic E-state index is 0.721. The molecule has 0 spiro atoms. The van der Waals surface area contributed by atoms with Crippen LogP contribution < -0.4 is 0 Å². The summed E-state index contributed by atoms with van der Waals surface area (Å²) in [7, 11) is 0. The van der Waals surface area contributed by atoms with Crippen LogP contribution in [0, 0.1) is 11.3 Å². The van der Waals surface area contributed by atoms with Crippen LogP contribution in [0.2, 0.25) is 0 Å². The monoisotopic (exact) mass is 413 g/mol. The summed E-state index contributed by atoms with van der Waals surface area (Å²) in [6, 6.07) is 20.6. The van der Waals surface area contributed by atoms with E-state index >= 15 is 0 Å². The lowest BCUT2D eigenvalue weighted by atomic mass is 10.1. The molecule has 0 radical (unpaired) electrons. The molecule has 1 aliphatic heterocycles. The molecular formula is C24H23N5S. The molecule has 1 saturated heterocycles. The molecule has 2 aromatic heterocycles. The Balaban J connectivity index is 1.27. The predicted octanol–water partition coefficient (Wildman–Crippen LogP) is 4.25. The van der Waals surface area contributed by atoms with Crippen molar-refractivity contribution in [1.82, 2.24) is 19.2 Å². The van der Waals surface area contributed by atoms with E-state index in [-0.39, 0.29) is 0 Å². The Morgan fingerprint density at radius 2 is 1.60 bits per heavy atom. The maximum absolute atomic E-state index is 8.96. The Morgan fingerprint density at radius 1 is 0.900 bits per heavy atom. The number of hydrogen-bond donors (Lipinski definition) is 0. The third kappa shape index (κ3) is 3.88. The first kappa shape index (κ1) is 19.0. The predicted molar refractivity (Wildman–Crippen MR) is 120 cm³/mol. The van der Waals surface area contributed by atoms with Crippen molar-refractivity contribution in [2.24, 2.45) is 0 Å². The zero-order chi connectivity index (χ0) is 20.3. The summed E-state index contributed by atoms with van der Waals surface area (Å²) >= 11 is 1.69. The number of imidazole rings is 1. The molecule has 5 nitrogen and oxygen atoms in total. The van der Waals surface area contributed by atoms with Gasteiger partial charge in [0.05, 0.1) is 23.0 Å². The Hall–Kier alpha value is -2.98. The maximum atomic E-state index is 8.96. The summed E-state index contributed by atoms with van der Waals surface area (Å²) in [5.41, 5.74) is 5.55. The SMILES string of the molecule is N#Cc1ccc(CN2CCN(Cc3c(-c4ccccc4)nc4sccn34)CC2)cc1. The van der Waals surface area contributed by atoms with Crippen molar-refractivity contribution in [1.29, 1.82) is 5.26 Å². The highest BCUT2D eigenvalue weighted by Crippen LogP contribution is 2.28. The van der Waals surface area contributed by atoms with Gasteiger partial charge in [0, 0.05) is 56.4 Å². The molecule has 2 aromatic carbocycles. The van der Waals surface area contributed by atoms with E-state index < -0.39 is 0 Å². The van der Waals surface area contributed by atoms with Gasteiger partial charge in [-0.15, -0.1) is 11.3 Å². The van der Waals surface area contributed by atoms with Gasteiger partial charge in [-0.1, -0.05) is 42.5 Å². The second kappa shape index (κ2) is 8.41. The number of rotatable bonds is 5. The minimum atomic E-state index is 0.721. The number of thiazole rings is 1. The van der Waals surface area contributed by atoms with E-state index in [4.69, 9.17) is 10.2 Å². The van der Waals surface area contributed by atoms with Crippen LogP contribution in [-0.4, -0.2) is 45.4 Å². The maximum Gasteiger partial charge on any atom is 0.194 e. The Kier molecular flexibility index (Phi) is 5.33. The summed E-state index contributed by atoms with van der Waals surface area (Å²) in [4.78, 5) is 11.0. The minimum Gasteiger partial charge on any atom is -0.297 e. The largest absolute Gasteiger partial charge is 0.297 e. The van der Waals surface area contributed by atoms with E-state index in [1.54, 1.807) is 11.3 Å². The first-order chi connectivity index (χ1) is 14.8. The first-order valence-corrected chi connectivity index (χ1v) is 11.1. The van der Waals surface area contributed by atoms with Gasteiger partial charge in [0.25, 0.3) is 0 Å². The van der Waals surface area contributed by atoms with Gasteiger partial charge in [-0.2, -0.15) is 5.26 Å². The van der Waals surface area contributed by atoms with E-state index in [1.165, 1.54) is 16.8 Å². The molecule has 0 atom stereocenters. The zero-order valence-corrected chi connectivity index (χ0v) is 17.6. The van der Waals surface area contributed by atoms with Gasteiger partial charge in [0.1, 0.15) is 0 Å². The summed E-state index contributed by atoms with van der Waals surface area (Å²) in [6.07, 6.45) is 2.13. The summed E-state index contributed by atoms with van der Waals surface area (Å²) in [5, 5.41) is 11.1. The molecule has 0 amide bonds. The van der Waals surface area contributed by atoms with Crippen LogP contribution in [0.3, 0.4) is 0 Å². The van der Waals surface area contributed by atoms with Crippen LogP contribution in [0.5, 0.6) is 0 Å². The van der Waals surface area contributed by atoms with Crippen molar-refractivity contribution in [2.45, 2.75) is 13.1 Å². The van der Waals surface area contributed by atoms with E-state index in [2.05, 4.69) is 74.3 Å². The molecule has 0 unspecified atom stereocenters. The molecular weight excluding hydrogens is 390 g/mol. The molecule has 6 heteroatoms. The second-order valence-electron chi connectivity index (χ2n) is 7.69. The van der Waals surface area contributed by atoms with Crippen molar-refractivity contribution in [2.75, 3.05) is 26.2 Å². The number of nitriles is 1. The van der Waals surface area contributed by atoms with Crippen molar-refractivity contribution in [3.05, 3.63) is 83.0 Å². The van der Waals surface area contributed by atoms with E-state index in [0.29, 0.717) is 0 Å². The summed E-state index contributed by atoms with van der Waals surface area (Å²) in [5.74, 6) is 0. The van der Waals surface area contributed by atoms with Crippen molar-refractivity contribution >= 4 is 16.3 Å². The number of nitrogens with zero attached hydrogens (tertiary/aromatic N) is 5. The fraction of sp³-hybridized carbons (Fsp3) is 0.250. The fourth-order valence-corrected chi connectivity index (χ4v) is 4.80. The number of benzene rings is 2. The quantitative estimate of drug-likeness (QED) is 0.491. The average Bonchev–Trinajstić information content (AvgIpc) is 3.39. The lowest BCUT2D eigenvalue weighted by Crippen LogP contribution is -2.45. The molecule has 0 aliphatic carbocycles. The molecule has 150 valence electrons. The highest BCUT2D eigenvalue weighted by atomic mass is 32.1. The van der Waals surface area contributed by atoms with Gasteiger partial charge in [-0.25, -0.2) is 4.98 Å². The average molecular weight is 414 g/mol. The molecule has 1 aliphatic rings. The van der Waals surface area contributed by atoms with E-state index in [1.807, 2.05) is 12.1 Å². The van der Waals surface area contributed by atoms with E-state index in [9.17, 15) is 0 Å². The van der Waals surface area contributed by atoms with Crippen molar-refractivity contribution < 1.29 is 0 Å². The van der Waals surface area contributed by atoms with Gasteiger partial charge in [-0.3, -0.25) is 14.2 Å². The molecule has 4 aromatic rings. The van der Waals surface area contributed by atoms with Crippen molar-refractivity contribution in [3.8, 4) is 17.3 Å². The molecule has 3 heterocycles. The molecule has 1 fully saturated rings. The summed E-state index contributed by atoms with van der Waals surface area (Å²) in [6.45, 7) is 6.03. The molecule has 0 N–H and O–H groups in total. The highest BCUT2D eigenvalue weighted by Gasteiger charge is 2.21. The third-order valence-electron chi connectivity index (χ3n) is 5.74. The standard InChI is InChI=1S/C24H23N5S/c25-16-19-6-8-20(9-7-19)17-27-10-12-28(13-11-27)18-22-23(21-4-2-1-3-5-21)26-24-29(22)14-15-30-24/h1-9,14-15H,10-13,17-18H2. The van der Waals surface area contributed by atoms with Crippen LogP contribution in [0.4, 0.5) is 0 Å². The molecule has 0 bridgehead atoms. The van der Waals surface area contributed by atoms with Crippen LogP contribution >= 0.6 is 11.3 Å². The van der Waals surface area contributed by atoms with Crippen LogP contribution in [0.15, 0.2) is 66.2 Å². The summed E-state index contributed by atoms with van der Waals surface area (Å²) < 4.78 is 2.25. The number of hydrogen-bond acceptors (Lipinski definition) is 5. The Bertz CT molecular complexity index is 1160. The topological polar surface area (TPSA) is 47.6 Å². The highest BCUT2D eigenvalue weighted by molar-refractivity contribution is 7.15. The zero-order valence-electron chi connectivity index (χ0n) is 16.7. The number of piperazine rings is 1. The second-order valence-corrected chi connectivity index (χ2v) is 8.56. The first-order valence-electron chi connectivity index (χ1n) is 10.2. The normalized spacial score (nSPS) is 15.4. The van der Waals surface area contributed by atoms with Crippen LogP contribution in [-0.2, 0) is 13.1 Å². The van der Waals surface area contributed by atoms with Crippen molar-refractivity contribution in [3.63, 3.8) is 0 Å². The smallest absolute Gasteiger partial charge is 0.194 e. The van der Waals surface area contributed by atoms with Gasteiger partial charge < -0.3 is 0 Å². The molecule has 30 heavy (non-hydrogen) atoms. The third-order valence-corrected chi connectivity index (χ3v) is 6.49. The van der Waals surface area contributed by atoms with E-state index in [0.717, 1.165) is 55.5 Å².